The molecule has 1 atom stereocenters. The standard InChI is InChI=1S/C12H13ClN2O.C12H11ClN2O.2CH4/c2*1-2-5-10(16)11-12(13)15-9-7-4-3-6-8(9)14-11;;/h3-4,6-7,10,16H,2,5H2,1H3;3-4,6-7H,2,5H2,1H3;2*1H4/t10-;;;/m0.../s1. The molecule has 34 heavy (non-hydrogen) atoms. The van der Waals surface area contributed by atoms with Gasteiger partial charge >= 0.3 is 0 Å². The van der Waals surface area contributed by atoms with Gasteiger partial charge in [0.05, 0.1) is 28.2 Å². The third-order valence-corrected chi connectivity index (χ3v) is 5.24. The average Bonchev–Trinajstić information content (AvgIpc) is 2.79. The third kappa shape index (κ3) is 7.16. The predicted octanol–water partition coefficient (Wildman–Crippen LogP) is 7.65. The zero-order valence-corrected chi connectivity index (χ0v) is 19.4. The van der Waals surface area contributed by atoms with Crippen LogP contribution in [0.2, 0.25) is 10.3 Å². The van der Waals surface area contributed by atoms with E-state index >= 15 is 0 Å². The van der Waals surface area contributed by atoms with Crippen molar-refractivity contribution in [1.29, 1.82) is 0 Å². The molecule has 6 nitrogen and oxygen atoms in total. The number of hydrogen-bond acceptors (Lipinski definition) is 6. The first-order chi connectivity index (χ1) is 15.4. The minimum Gasteiger partial charge on any atom is -0.387 e. The Kier molecular flexibility index (Phi) is 12.0. The number of rotatable bonds is 6. The van der Waals surface area contributed by atoms with Crippen molar-refractivity contribution in [3.63, 3.8) is 0 Å². The summed E-state index contributed by atoms with van der Waals surface area (Å²) < 4.78 is 0. The molecule has 0 saturated heterocycles. The van der Waals surface area contributed by atoms with E-state index in [0.29, 0.717) is 34.7 Å². The van der Waals surface area contributed by atoms with Crippen LogP contribution in [0, 0.1) is 0 Å². The summed E-state index contributed by atoms with van der Waals surface area (Å²) in [5.74, 6) is -0.0502. The van der Waals surface area contributed by atoms with Gasteiger partial charge in [0.1, 0.15) is 11.4 Å². The van der Waals surface area contributed by atoms with Crippen LogP contribution < -0.4 is 0 Å². The Bertz CT molecular complexity index is 1230. The first-order valence-electron chi connectivity index (χ1n) is 10.5. The third-order valence-electron chi connectivity index (χ3n) is 4.70. The van der Waals surface area contributed by atoms with E-state index in [-0.39, 0.29) is 31.5 Å². The lowest BCUT2D eigenvalue weighted by Gasteiger charge is -2.10. The Hall–Kier alpha value is -2.67. The number of halogens is 2. The highest BCUT2D eigenvalue weighted by Crippen LogP contribution is 2.25. The van der Waals surface area contributed by atoms with Crippen molar-refractivity contribution in [2.24, 2.45) is 0 Å². The summed E-state index contributed by atoms with van der Waals surface area (Å²) in [4.78, 5) is 28.7. The Morgan fingerprint density at radius 3 is 1.76 bits per heavy atom. The highest BCUT2D eigenvalue weighted by atomic mass is 35.5. The van der Waals surface area contributed by atoms with Gasteiger partial charge in [-0.05, 0) is 37.1 Å². The molecule has 2 aromatic carbocycles. The summed E-state index contributed by atoms with van der Waals surface area (Å²) in [5.41, 5.74) is 3.67. The zero-order chi connectivity index (χ0) is 23.1. The van der Waals surface area contributed by atoms with E-state index in [0.717, 1.165) is 23.9 Å². The lowest BCUT2D eigenvalue weighted by molar-refractivity contribution is 0.0977. The zero-order valence-electron chi connectivity index (χ0n) is 17.9. The molecule has 0 fully saturated rings. The number of Topliss-reactive ketones (excluding diaryl/α,β-unsaturated/α-hetero) is 1. The molecule has 4 aromatic rings. The maximum absolute atomic E-state index is 11.7. The van der Waals surface area contributed by atoms with Crippen LogP contribution in [0.25, 0.3) is 22.1 Å². The molecule has 0 aliphatic carbocycles. The normalized spacial score (nSPS) is 11.1. The van der Waals surface area contributed by atoms with Gasteiger partial charge in [0.15, 0.2) is 16.1 Å². The van der Waals surface area contributed by atoms with Crippen LogP contribution in [0.4, 0.5) is 0 Å². The van der Waals surface area contributed by atoms with Crippen molar-refractivity contribution < 1.29 is 9.90 Å². The van der Waals surface area contributed by atoms with Gasteiger partial charge in [-0.15, -0.1) is 0 Å². The highest BCUT2D eigenvalue weighted by molar-refractivity contribution is 6.32. The second-order valence-electron chi connectivity index (χ2n) is 7.22. The van der Waals surface area contributed by atoms with Gasteiger partial charge in [0.25, 0.3) is 0 Å². The van der Waals surface area contributed by atoms with Crippen molar-refractivity contribution in [3.05, 3.63) is 70.2 Å². The largest absolute Gasteiger partial charge is 0.387 e. The average molecular weight is 503 g/mol. The molecule has 4 rings (SSSR count). The summed E-state index contributed by atoms with van der Waals surface area (Å²) >= 11 is 11.9. The molecule has 0 amide bonds. The van der Waals surface area contributed by atoms with Crippen LogP contribution >= 0.6 is 23.2 Å². The summed E-state index contributed by atoms with van der Waals surface area (Å²) in [5, 5.41) is 10.4. The van der Waals surface area contributed by atoms with E-state index in [4.69, 9.17) is 23.2 Å². The van der Waals surface area contributed by atoms with Crippen molar-refractivity contribution in [1.82, 2.24) is 19.9 Å². The van der Waals surface area contributed by atoms with E-state index in [1.54, 1.807) is 0 Å². The molecule has 1 N–H and O–H groups in total. The van der Waals surface area contributed by atoms with Crippen LogP contribution in [0.5, 0.6) is 0 Å². The quantitative estimate of drug-likeness (QED) is 0.272. The number of carbonyl (C=O) groups excluding carboxylic acids is 1. The number of benzene rings is 2. The lowest BCUT2D eigenvalue weighted by atomic mass is 10.1. The number of nitrogens with zero attached hydrogens (tertiary/aromatic N) is 4. The molecule has 0 radical (unpaired) electrons. The van der Waals surface area contributed by atoms with Gasteiger partial charge in [-0.2, -0.15) is 0 Å². The van der Waals surface area contributed by atoms with E-state index in [1.807, 2.05) is 62.4 Å². The lowest BCUT2D eigenvalue weighted by Crippen LogP contribution is -2.04. The fraction of sp³-hybridized carbons (Fsp3) is 0.346. The van der Waals surface area contributed by atoms with Crippen LogP contribution in [-0.4, -0.2) is 30.8 Å². The number of carbonyl (C=O) groups is 1. The second kappa shape index (κ2) is 13.9. The van der Waals surface area contributed by atoms with Gasteiger partial charge in [-0.1, -0.05) is 82.6 Å². The molecule has 0 aliphatic heterocycles. The SMILES string of the molecule is C.C.CCCC(=O)c1nc2ccccc2nc1Cl.CCC[C@H](O)c1nc2ccccc2nc1Cl. The maximum Gasteiger partial charge on any atom is 0.184 e. The summed E-state index contributed by atoms with van der Waals surface area (Å²) in [6, 6.07) is 14.9. The fourth-order valence-electron chi connectivity index (χ4n) is 3.12. The molecule has 0 saturated carbocycles. The van der Waals surface area contributed by atoms with E-state index in [9.17, 15) is 9.90 Å². The van der Waals surface area contributed by atoms with Gasteiger partial charge in [0.2, 0.25) is 0 Å². The molecule has 0 bridgehead atoms. The van der Waals surface area contributed by atoms with Crippen molar-refractivity contribution in [2.45, 2.75) is 60.5 Å². The Balaban J connectivity index is 0.000000321. The molecule has 8 heteroatoms. The predicted molar refractivity (Wildman–Crippen MR) is 142 cm³/mol. The van der Waals surface area contributed by atoms with E-state index in [2.05, 4.69) is 19.9 Å². The van der Waals surface area contributed by atoms with Crippen LogP contribution in [-0.2, 0) is 0 Å². The van der Waals surface area contributed by atoms with E-state index < -0.39 is 6.10 Å². The first kappa shape index (κ1) is 29.4. The maximum atomic E-state index is 11.7. The molecule has 0 aliphatic rings. The molecular weight excluding hydrogens is 471 g/mol. The van der Waals surface area contributed by atoms with Gasteiger partial charge < -0.3 is 5.11 Å². The number of fused-ring (bicyclic) bond motifs is 2. The molecule has 2 heterocycles. The Morgan fingerprint density at radius 1 is 0.794 bits per heavy atom. The molecule has 2 aromatic heterocycles. The molecular formula is C26H32Cl2N4O2. The molecule has 0 spiro atoms. The topological polar surface area (TPSA) is 88.9 Å². The number of hydrogen-bond donors (Lipinski definition) is 1. The number of aromatic nitrogens is 4. The van der Waals surface area contributed by atoms with Gasteiger partial charge in [-0.3, -0.25) is 4.79 Å². The van der Waals surface area contributed by atoms with Crippen LogP contribution in [0.1, 0.15) is 76.7 Å². The summed E-state index contributed by atoms with van der Waals surface area (Å²) in [7, 11) is 0. The molecule has 0 unspecified atom stereocenters. The van der Waals surface area contributed by atoms with Crippen LogP contribution in [0.15, 0.2) is 48.5 Å². The highest BCUT2D eigenvalue weighted by Gasteiger charge is 2.15. The smallest absolute Gasteiger partial charge is 0.184 e. The first-order valence-corrected chi connectivity index (χ1v) is 11.3. The second-order valence-corrected chi connectivity index (χ2v) is 7.93. The van der Waals surface area contributed by atoms with Crippen molar-refractivity contribution >= 4 is 51.1 Å². The minimum atomic E-state index is -0.630. The summed E-state index contributed by atoms with van der Waals surface area (Å²) in [6.07, 6.45) is 2.13. The Morgan fingerprint density at radius 2 is 1.26 bits per heavy atom. The number of para-hydroxylation sites is 4. The van der Waals surface area contributed by atoms with Crippen LogP contribution in [0.3, 0.4) is 0 Å². The monoisotopic (exact) mass is 502 g/mol. The number of ketones is 1. The molecule has 182 valence electrons. The number of aliphatic hydroxyl groups excluding tert-OH is 1. The van der Waals surface area contributed by atoms with E-state index in [1.165, 1.54) is 0 Å². The fourth-order valence-corrected chi connectivity index (χ4v) is 3.61. The van der Waals surface area contributed by atoms with Crippen molar-refractivity contribution in [3.8, 4) is 0 Å². The minimum absolute atomic E-state index is 0. The van der Waals surface area contributed by atoms with Crippen molar-refractivity contribution in [2.75, 3.05) is 0 Å². The number of aliphatic hydroxyl groups is 1. The Labute approximate surface area is 211 Å². The van der Waals surface area contributed by atoms with Gasteiger partial charge in [0, 0.05) is 6.42 Å². The summed E-state index contributed by atoms with van der Waals surface area (Å²) in [6.45, 7) is 3.95. The van der Waals surface area contributed by atoms with Gasteiger partial charge in [-0.25, -0.2) is 19.9 Å².